The third-order valence-electron chi connectivity index (χ3n) is 6.57. The van der Waals surface area contributed by atoms with Crippen LogP contribution in [0.3, 0.4) is 0 Å². The van der Waals surface area contributed by atoms with E-state index < -0.39 is 24.4 Å². The van der Waals surface area contributed by atoms with Gasteiger partial charge in [0.1, 0.15) is 0 Å². The highest BCUT2D eigenvalue weighted by atomic mass is 32.2. The van der Waals surface area contributed by atoms with E-state index in [1.165, 1.54) is 0 Å². The van der Waals surface area contributed by atoms with Gasteiger partial charge in [0.15, 0.2) is 8.32 Å². The molecule has 0 spiro atoms. The lowest BCUT2D eigenvalue weighted by atomic mass is 10.1. The molecule has 35 heavy (non-hydrogen) atoms. The summed E-state index contributed by atoms with van der Waals surface area (Å²) in [5.41, 5.74) is 2.07. The molecule has 0 bridgehead atoms. The maximum Gasteiger partial charge on any atom is 0.240 e. The van der Waals surface area contributed by atoms with Crippen molar-refractivity contribution in [1.82, 2.24) is 4.72 Å². The van der Waals surface area contributed by atoms with Crippen LogP contribution in [0.15, 0.2) is 94.7 Å². The van der Waals surface area contributed by atoms with Gasteiger partial charge in [-0.3, -0.25) is 0 Å². The van der Waals surface area contributed by atoms with Crippen molar-refractivity contribution >= 4 is 30.1 Å². The third-order valence-corrected chi connectivity index (χ3v) is 14.0. The smallest absolute Gasteiger partial charge is 0.240 e. The van der Waals surface area contributed by atoms with Crippen molar-refractivity contribution in [3.05, 3.63) is 96.1 Å². The first-order chi connectivity index (χ1) is 16.4. The van der Waals surface area contributed by atoms with Crippen LogP contribution in [0.5, 0.6) is 0 Å². The molecule has 7 heteroatoms. The molecule has 0 saturated carbocycles. The van der Waals surface area contributed by atoms with E-state index in [1.807, 2.05) is 55.5 Å². The van der Waals surface area contributed by atoms with Gasteiger partial charge in [0, 0.05) is 4.90 Å². The van der Waals surface area contributed by atoms with Crippen LogP contribution >= 0.6 is 11.8 Å². The summed E-state index contributed by atoms with van der Waals surface area (Å²) in [5.74, 6) is 0. The fraction of sp³-hybridized carbons (Fsp3) is 0.357. The minimum absolute atomic E-state index is 0.0161. The zero-order valence-electron chi connectivity index (χ0n) is 21.5. The Hall–Kier alpha value is -1.90. The molecule has 0 aromatic heterocycles. The quantitative estimate of drug-likeness (QED) is 0.224. The van der Waals surface area contributed by atoms with Gasteiger partial charge in [-0.1, -0.05) is 87.0 Å². The predicted octanol–water partition coefficient (Wildman–Crippen LogP) is 7.20. The van der Waals surface area contributed by atoms with E-state index in [9.17, 15) is 8.42 Å². The molecule has 188 valence electrons. The largest absolute Gasteiger partial charge is 0.415 e. The molecule has 2 atom stereocenters. The van der Waals surface area contributed by atoms with Crippen molar-refractivity contribution in [2.75, 3.05) is 6.61 Å². The minimum atomic E-state index is -3.75. The SMILES string of the molecule is Cc1ccc(S(=O)(=O)N[C@H](CO[Si](C)(C)C(C)(C)C)[C@@H](Sc2ccccc2)c2ccccc2)cc1. The molecule has 0 heterocycles. The molecule has 4 nitrogen and oxygen atoms in total. The fourth-order valence-electron chi connectivity index (χ4n) is 3.35. The number of hydrogen-bond donors (Lipinski definition) is 1. The first-order valence-electron chi connectivity index (χ1n) is 11.9. The molecule has 3 aromatic carbocycles. The second-order valence-electron chi connectivity index (χ2n) is 10.4. The lowest BCUT2D eigenvalue weighted by Gasteiger charge is -2.38. The molecule has 0 aliphatic carbocycles. The zero-order chi connectivity index (χ0) is 25.7. The average molecular weight is 528 g/mol. The molecule has 0 unspecified atom stereocenters. The zero-order valence-corrected chi connectivity index (χ0v) is 24.1. The van der Waals surface area contributed by atoms with Crippen LogP contribution in [0.2, 0.25) is 18.1 Å². The normalized spacial score (nSPS) is 14.5. The fourth-order valence-corrected chi connectivity index (χ4v) is 6.91. The van der Waals surface area contributed by atoms with Crippen molar-refractivity contribution in [3.63, 3.8) is 0 Å². The van der Waals surface area contributed by atoms with Crippen LogP contribution in [0.4, 0.5) is 0 Å². The van der Waals surface area contributed by atoms with E-state index in [0.29, 0.717) is 6.61 Å². The van der Waals surface area contributed by atoms with Crippen LogP contribution in [0.1, 0.15) is 37.1 Å². The van der Waals surface area contributed by atoms with Gasteiger partial charge in [0.25, 0.3) is 0 Å². The molecule has 0 aliphatic heterocycles. The van der Waals surface area contributed by atoms with E-state index >= 15 is 0 Å². The lowest BCUT2D eigenvalue weighted by Crippen LogP contribution is -2.47. The number of aryl methyl sites for hydroxylation is 1. The molecular weight excluding hydrogens is 491 g/mol. The molecule has 0 saturated heterocycles. The van der Waals surface area contributed by atoms with E-state index in [1.54, 1.807) is 23.9 Å². The summed E-state index contributed by atoms with van der Waals surface area (Å²) in [6.07, 6.45) is 0. The second kappa shape index (κ2) is 11.4. The van der Waals surface area contributed by atoms with Crippen LogP contribution in [0, 0.1) is 6.92 Å². The predicted molar refractivity (Wildman–Crippen MR) is 150 cm³/mol. The summed E-state index contributed by atoms with van der Waals surface area (Å²) in [5, 5.41) is -0.161. The summed E-state index contributed by atoms with van der Waals surface area (Å²) in [6, 6.07) is 26.7. The molecule has 3 aromatic rings. The summed E-state index contributed by atoms with van der Waals surface area (Å²) < 4.78 is 36.6. The first kappa shape index (κ1) is 27.7. The van der Waals surface area contributed by atoms with E-state index in [0.717, 1.165) is 16.0 Å². The number of hydrogen-bond acceptors (Lipinski definition) is 4. The first-order valence-corrected chi connectivity index (χ1v) is 17.2. The molecule has 0 radical (unpaired) electrons. The van der Waals surface area contributed by atoms with Gasteiger partial charge >= 0.3 is 0 Å². The highest BCUT2D eigenvalue weighted by Crippen LogP contribution is 2.41. The van der Waals surface area contributed by atoms with Crippen molar-refractivity contribution in [3.8, 4) is 0 Å². The van der Waals surface area contributed by atoms with Crippen LogP contribution in [-0.4, -0.2) is 29.4 Å². The number of sulfonamides is 1. The van der Waals surface area contributed by atoms with Crippen molar-refractivity contribution in [2.24, 2.45) is 0 Å². The standard InChI is InChI=1S/C28H37NO3S2Si/c1-22-17-19-25(20-18-22)34(30,31)29-26(21-32-35(5,6)28(2,3)4)27(23-13-9-7-10-14-23)33-24-15-11-8-12-16-24/h7-20,26-27,29H,21H2,1-6H3/t26-,27+/m1/s1. The Morgan fingerprint density at radius 1 is 0.886 bits per heavy atom. The van der Waals surface area contributed by atoms with E-state index in [-0.39, 0.29) is 15.2 Å². The highest BCUT2D eigenvalue weighted by Gasteiger charge is 2.39. The van der Waals surface area contributed by atoms with Gasteiger partial charge in [-0.2, -0.15) is 0 Å². The van der Waals surface area contributed by atoms with E-state index in [2.05, 4.69) is 62.9 Å². The van der Waals surface area contributed by atoms with Crippen molar-refractivity contribution < 1.29 is 12.8 Å². The maximum atomic E-state index is 13.5. The molecule has 0 fully saturated rings. The Balaban J connectivity index is 2.01. The molecule has 0 amide bonds. The number of benzene rings is 3. The number of nitrogens with one attached hydrogen (secondary N) is 1. The highest BCUT2D eigenvalue weighted by molar-refractivity contribution is 7.99. The van der Waals surface area contributed by atoms with Crippen LogP contribution < -0.4 is 4.72 Å². The maximum absolute atomic E-state index is 13.5. The molecule has 3 rings (SSSR count). The van der Waals surface area contributed by atoms with Crippen LogP contribution in [0.25, 0.3) is 0 Å². The summed E-state index contributed by atoms with van der Waals surface area (Å²) in [4.78, 5) is 1.34. The van der Waals surface area contributed by atoms with Gasteiger partial charge < -0.3 is 4.43 Å². The third kappa shape index (κ3) is 7.54. The van der Waals surface area contributed by atoms with Crippen molar-refractivity contribution in [1.29, 1.82) is 0 Å². The topological polar surface area (TPSA) is 55.4 Å². The molecular formula is C28H37NO3S2Si. The van der Waals surface area contributed by atoms with Crippen LogP contribution in [-0.2, 0) is 14.4 Å². The van der Waals surface area contributed by atoms with E-state index in [4.69, 9.17) is 4.43 Å². The summed E-state index contributed by atoms with van der Waals surface area (Å²) >= 11 is 1.65. The van der Waals surface area contributed by atoms with Gasteiger partial charge in [0.05, 0.1) is 22.8 Å². The Kier molecular flexibility index (Phi) is 9.04. The van der Waals surface area contributed by atoms with Gasteiger partial charge in [-0.05, 0) is 54.9 Å². The van der Waals surface area contributed by atoms with Gasteiger partial charge in [-0.15, -0.1) is 11.8 Å². The minimum Gasteiger partial charge on any atom is -0.415 e. The monoisotopic (exact) mass is 527 g/mol. The Labute approximate surface area is 216 Å². The molecule has 1 N–H and O–H groups in total. The number of rotatable bonds is 10. The lowest BCUT2D eigenvalue weighted by molar-refractivity contribution is 0.252. The Morgan fingerprint density at radius 2 is 1.43 bits per heavy atom. The Morgan fingerprint density at radius 3 is 1.97 bits per heavy atom. The molecule has 0 aliphatic rings. The van der Waals surface area contributed by atoms with Gasteiger partial charge in [-0.25, -0.2) is 13.1 Å². The summed E-state index contributed by atoms with van der Waals surface area (Å²) in [7, 11) is -5.87. The Bertz CT molecular complexity index is 1180. The van der Waals surface area contributed by atoms with Crippen molar-refractivity contribution in [2.45, 2.75) is 66.9 Å². The average Bonchev–Trinajstić information content (AvgIpc) is 2.81. The summed E-state index contributed by atoms with van der Waals surface area (Å²) in [6.45, 7) is 13.2. The number of thioether (sulfide) groups is 1. The second-order valence-corrected chi connectivity index (χ2v) is 18.1. The van der Waals surface area contributed by atoms with Gasteiger partial charge in [0.2, 0.25) is 10.0 Å².